The van der Waals surface area contributed by atoms with Gasteiger partial charge < -0.3 is 14.3 Å². The normalized spacial score (nSPS) is 20.5. The molecule has 1 aromatic carbocycles. The van der Waals surface area contributed by atoms with E-state index < -0.39 is 0 Å². The van der Waals surface area contributed by atoms with Crippen LogP contribution in [0.4, 0.5) is 4.39 Å². The van der Waals surface area contributed by atoms with Crippen LogP contribution in [0.1, 0.15) is 38.0 Å². The average molecular weight is 372 g/mol. The SMILES string of the molecule is O=C(CCc1nc(-c2ccccc2F)no1)N1CCC[C@H]1CN1CCCC1. The summed E-state index contributed by atoms with van der Waals surface area (Å²) in [7, 11) is 0. The van der Waals surface area contributed by atoms with Crippen LogP contribution in [0.15, 0.2) is 28.8 Å². The predicted octanol–water partition coefficient (Wildman–Crippen LogP) is 2.90. The zero-order valence-corrected chi connectivity index (χ0v) is 15.4. The summed E-state index contributed by atoms with van der Waals surface area (Å²) in [6, 6.07) is 6.65. The van der Waals surface area contributed by atoms with Crippen LogP contribution in [-0.2, 0) is 11.2 Å². The maximum atomic E-state index is 13.8. The van der Waals surface area contributed by atoms with Crippen molar-refractivity contribution in [1.82, 2.24) is 19.9 Å². The summed E-state index contributed by atoms with van der Waals surface area (Å²) < 4.78 is 19.0. The fraction of sp³-hybridized carbons (Fsp3) is 0.550. The third-order valence-electron chi connectivity index (χ3n) is 5.50. The van der Waals surface area contributed by atoms with E-state index in [1.807, 2.05) is 4.90 Å². The summed E-state index contributed by atoms with van der Waals surface area (Å²) >= 11 is 0. The molecule has 0 bridgehead atoms. The van der Waals surface area contributed by atoms with Crippen molar-refractivity contribution in [3.05, 3.63) is 36.0 Å². The molecule has 2 aromatic rings. The van der Waals surface area contributed by atoms with Gasteiger partial charge in [-0.2, -0.15) is 4.98 Å². The van der Waals surface area contributed by atoms with Gasteiger partial charge in [0.1, 0.15) is 5.82 Å². The second-order valence-corrected chi connectivity index (χ2v) is 7.38. The summed E-state index contributed by atoms with van der Waals surface area (Å²) in [5, 5.41) is 3.85. The minimum absolute atomic E-state index is 0.141. The Kier molecular flexibility index (Phi) is 5.48. The van der Waals surface area contributed by atoms with Gasteiger partial charge in [0.05, 0.1) is 5.56 Å². The first-order valence-electron chi connectivity index (χ1n) is 9.80. The number of amides is 1. The maximum Gasteiger partial charge on any atom is 0.227 e. The van der Waals surface area contributed by atoms with Crippen LogP contribution < -0.4 is 0 Å². The average Bonchev–Trinajstić information content (AvgIpc) is 3.43. The first-order valence-corrected chi connectivity index (χ1v) is 9.80. The minimum Gasteiger partial charge on any atom is -0.339 e. The Morgan fingerprint density at radius 3 is 2.81 bits per heavy atom. The topological polar surface area (TPSA) is 62.5 Å². The molecule has 1 atom stereocenters. The molecule has 1 aromatic heterocycles. The van der Waals surface area contributed by atoms with Gasteiger partial charge in [-0.1, -0.05) is 17.3 Å². The first kappa shape index (κ1) is 18.1. The number of nitrogens with zero attached hydrogens (tertiary/aromatic N) is 4. The van der Waals surface area contributed by atoms with Crippen LogP contribution >= 0.6 is 0 Å². The van der Waals surface area contributed by atoms with Crippen molar-refractivity contribution in [3.8, 4) is 11.4 Å². The highest BCUT2D eigenvalue weighted by atomic mass is 19.1. The van der Waals surface area contributed by atoms with E-state index in [1.54, 1.807) is 18.2 Å². The smallest absolute Gasteiger partial charge is 0.227 e. The van der Waals surface area contributed by atoms with Gasteiger partial charge in [-0.05, 0) is 50.9 Å². The summed E-state index contributed by atoms with van der Waals surface area (Å²) in [4.78, 5) is 21.4. The Balaban J connectivity index is 1.33. The molecule has 2 aliphatic rings. The third kappa shape index (κ3) is 4.18. The largest absolute Gasteiger partial charge is 0.339 e. The molecule has 0 unspecified atom stereocenters. The lowest BCUT2D eigenvalue weighted by Gasteiger charge is -2.28. The van der Waals surface area contributed by atoms with Gasteiger partial charge in [0.2, 0.25) is 17.6 Å². The second kappa shape index (κ2) is 8.17. The summed E-state index contributed by atoms with van der Waals surface area (Å²) in [6.07, 6.45) is 5.41. The van der Waals surface area contributed by atoms with Crippen LogP contribution in [-0.4, -0.2) is 58.1 Å². The van der Waals surface area contributed by atoms with Gasteiger partial charge in [0.25, 0.3) is 0 Å². The number of benzene rings is 1. The van der Waals surface area contributed by atoms with E-state index in [0.29, 0.717) is 30.3 Å². The van der Waals surface area contributed by atoms with Gasteiger partial charge in [0, 0.05) is 32.0 Å². The molecular weight excluding hydrogens is 347 g/mol. The maximum absolute atomic E-state index is 13.8. The zero-order chi connectivity index (χ0) is 18.6. The van der Waals surface area contributed by atoms with Gasteiger partial charge in [-0.25, -0.2) is 4.39 Å². The molecule has 0 saturated carbocycles. The Labute approximate surface area is 158 Å². The van der Waals surface area contributed by atoms with Crippen molar-refractivity contribution in [3.63, 3.8) is 0 Å². The van der Waals surface area contributed by atoms with Crippen LogP contribution in [0.25, 0.3) is 11.4 Å². The highest BCUT2D eigenvalue weighted by Gasteiger charge is 2.30. The van der Waals surface area contributed by atoms with Crippen LogP contribution in [0.5, 0.6) is 0 Å². The van der Waals surface area contributed by atoms with E-state index in [4.69, 9.17) is 4.52 Å². The minimum atomic E-state index is -0.386. The Hall–Kier alpha value is -2.28. The zero-order valence-electron chi connectivity index (χ0n) is 15.4. The molecule has 27 heavy (non-hydrogen) atoms. The van der Waals surface area contributed by atoms with Gasteiger partial charge in [-0.15, -0.1) is 0 Å². The third-order valence-corrected chi connectivity index (χ3v) is 5.50. The van der Waals surface area contributed by atoms with Gasteiger partial charge in [0.15, 0.2) is 0 Å². The molecule has 2 saturated heterocycles. The van der Waals surface area contributed by atoms with E-state index in [0.717, 1.165) is 39.0 Å². The number of halogens is 1. The van der Waals surface area contributed by atoms with Crippen LogP contribution in [0.3, 0.4) is 0 Å². The lowest BCUT2D eigenvalue weighted by molar-refractivity contribution is -0.132. The van der Waals surface area contributed by atoms with E-state index in [2.05, 4.69) is 15.0 Å². The summed E-state index contributed by atoms with van der Waals surface area (Å²) in [5.41, 5.74) is 0.309. The number of carbonyl (C=O) groups excluding carboxylic acids is 1. The van der Waals surface area contributed by atoms with E-state index in [9.17, 15) is 9.18 Å². The highest BCUT2D eigenvalue weighted by molar-refractivity contribution is 5.77. The first-order chi connectivity index (χ1) is 13.2. The quantitative estimate of drug-likeness (QED) is 0.780. The molecule has 6 nitrogen and oxygen atoms in total. The van der Waals surface area contributed by atoms with Gasteiger partial charge >= 0.3 is 0 Å². The van der Waals surface area contributed by atoms with E-state index in [1.165, 1.54) is 18.9 Å². The molecule has 0 spiro atoms. The van der Waals surface area contributed by atoms with E-state index >= 15 is 0 Å². The monoisotopic (exact) mass is 372 g/mol. The van der Waals surface area contributed by atoms with Gasteiger partial charge in [-0.3, -0.25) is 4.79 Å². The van der Waals surface area contributed by atoms with E-state index in [-0.39, 0.29) is 17.5 Å². The molecular formula is C20H25FN4O2. The molecule has 144 valence electrons. The molecule has 1 amide bonds. The van der Waals surface area contributed by atoms with Crippen LogP contribution in [0, 0.1) is 5.82 Å². The molecule has 0 radical (unpaired) electrons. The number of hydrogen-bond acceptors (Lipinski definition) is 5. The molecule has 2 aliphatic heterocycles. The molecule has 4 rings (SSSR count). The van der Waals surface area contributed by atoms with Crippen molar-refractivity contribution in [1.29, 1.82) is 0 Å². The number of aromatic nitrogens is 2. The fourth-order valence-electron chi connectivity index (χ4n) is 4.08. The highest BCUT2D eigenvalue weighted by Crippen LogP contribution is 2.23. The predicted molar refractivity (Wildman–Crippen MR) is 98.4 cm³/mol. The summed E-state index contributed by atoms with van der Waals surface area (Å²) in [5.74, 6) is 0.352. The molecule has 7 heteroatoms. The lowest BCUT2D eigenvalue weighted by atomic mass is 10.2. The second-order valence-electron chi connectivity index (χ2n) is 7.38. The number of likely N-dealkylation sites (tertiary alicyclic amines) is 2. The number of rotatable bonds is 6. The van der Waals surface area contributed by atoms with Crippen LogP contribution in [0.2, 0.25) is 0 Å². The van der Waals surface area contributed by atoms with Crippen molar-refractivity contribution in [2.24, 2.45) is 0 Å². The lowest BCUT2D eigenvalue weighted by Crippen LogP contribution is -2.42. The van der Waals surface area contributed by atoms with Crippen molar-refractivity contribution in [2.45, 2.75) is 44.6 Å². The van der Waals surface area contributed by atoms with Crippen molar-refractivity contribution in [2.75, 3.05) is 26.2 Å². The Bertz CT molecular complexity index is 788. The number of hydrogen-bond donors (Lipinski definition) is 0. The molecule has 0 aliphatic carbocycles. The fourth-order valence-corrected chi connectivity index (χ4v) is 4.08. The Morgan fingerprint density at radius 1 is 1.19 bits per heavy atom. The Morgan fingerprint density at radius 2 is 2.00 bits per heavy atom. The number of carbonyl (C=O) groups is 1. The van der Waals surface area contributed by atoms with Crippen molar-refractivity contribution >= 4 is 5.91 Å². The molecule has 0 N–H and O–H groups in total. The molecule has 3 heterocycles. The molecule has 2 fully saturated rings. The number of aryl methyl sites for hydroxylation is 1. The van der Waals surface area contributed by atoms with Crippen molar-refractivity contribution < 1.29 is 13.7 Å². The summed E-state index contributed by atoms with van der Waals surface area (Å²) in [6.45, 7) is 4.13. The standard InChI is InChI=1S/C20H25FN4O2/c21-17-8-2-1-7-16(17)20-22-18(27-23-20)9-10-19(26)25-13-5-6-15(25)14-24-11-3-4-12-24/h1-2,7-8,15H,3-6,9-14H2/t15-/m0/s1.